The number of aromatic nitrogens is 2. The second-order valence-corrected chi connectivity index (χ2v) is 7.82. The fourth-order valence-electron chi connectivity index (χ4n) is 3.99. The van der Waals surface area contributed by atoms with Gasteiger partial charge in [0.1, 0.15) is 6.61 Å². The molecule has 0 spiro atoms. The van der Waals surface area contributed by atoms with Crippen molar-refractivity contribution in [3.05, 3.63) is 76.8 Å². The van der Waals surface area contributed by atoms with Gasteiger partial charge >= 0.3 is 6.09 Å². The third kappa shape index (κ3) is 4.99. The van der Waals surface area contributed by atoms with Gasteiger partial charge in [0.15, 0.2) is 5.78 Å². The van der Waals surface area contributed by atoms with Gasteiger partial charge in [0.25, 0.3) is 5.56 Å². The number of benzene rings is 2. The molecular weight excluding hydrogens is 394 g/mol. The van der Waals surface area contributed by atoms with Crippen molar-refractivity contribution in [2.45, 2.75) is 44.9 Å². The fourth-order valence-corrected chi connectivity index (χ4v) is 3.99. The Hall–Kier alpha value is -3.48. The number of Topliss-reactive ketones (excluding diaryl/α,β-unsaturated/α-hetero) is 1. The van der Waals surface area contributed by atoms with Crippen molar-refractivity contribution in [2.75, 3.05) is 6.54 Å². The maximum atomic E-state index is 12.8. The van der Waals surface area contributed by atoms with Crippen molar-refractivity contribution in [1.82, 2.24) is 14.5 Å². The first-order chi connectivity index (χ1) is 15.1. The molecule has 1 aromatic heterocycles. The normalized spacial score (nSPS) is 16.3. The molecule has 31 heavy (non-hydrogen) atoms. The molecule has 0 aliphatic carbocycles. The summed E-state index contributed by atoms with van der Waals surface area (Å²) in [4.78, 5) is 44.0. The smallest absolute Gasteiger partial charge is 0.410 e. The van der Waals surface area contributed by atoms with Crippen LogP contribution in [0.25, 0.3) is 10.9 Å². The molecule has 7 heteroatoms. The summed E-state index contributed by atoms with van der Waals surface area (Å²) in [7, 11) is 0. The first kappa shape index (κ1) is 20.8. The zero-order valence-corrected chi connectivity index (χ0v) is 17.3. The molecule has 3 aromatic rings. The van der Waals surface area contributed by atoms with Gasteiger partial charge in [0, 0.05) is 19.0 Å². The topological polar surface area (TPSA) is 81.5 Å². The minimum Gasteiger partial charge on any atom is -0.445 e. The number of ether oxygens (including phenoxy) is 1. The second-order valence-electron chi connectivity index (χ2n) is 7.82. The van der Waals surface area contributed by atoms with Gasteiger partial charge in [-0.1, -0.05) is 42.5 Å². The third-order valence-corrected chi connectivity index (χ3v) is 5.61. The van der Waals surface area contributed by atoms with Gasteiger partial charge in [-0.2, -0.15) is 0 Å². The van der Waals surface area contributed by atoms with Crippen LogP contribution in [0, 0.1) is 0 Å². The minimum atomic E-state index is -0.397. The van der Waals surface area contributed by atoms with Gasteiger partial charge in [-0.25, -0.2) is 9.78 Å². The standard InChI is InChI=1S/C24H25N3O4/c28-20(15-26-17-25-22-12-5-4-11-21(22)23(26)29)14-19-10-6-7-13-27(19)24(30)31-16-18-8-2-1-3-9-18/h1-5,8-9,11-12,17,19H,6-7,10,13-16H2. The van der Waals surface area contributed by atoms with Crippen LogP contribution in [0.2, 0.25) is 0 Å². The van der Waals surface area contributed by atoms with Crippen LogP contribution in [-0.2, 0) is 22.7 Å². The average molecular weight is 419 g/mol. The van der Waals surface area contributed by atoms with Crippen LogP contribution in [-0.4, -0.2) is 38.9 Å². The summed E-state index contributed by atoms with van der Waals surface area (Å²) < 4.78 is 6.81. The Bertz CT molecular complexity index is 1130. The number of para-hydroxylation sites is 1. The first-order valence-electron chi connectivity index (χ1n) is 10.5. The number of hydrogen-bond donors (Lipinski definition) is 0. The van der Waals surface area contributed by atoms with Gasteiger partial charge in [0.05, 0.1) is 23.8 Å². The Morgan fingerprint density at radius 3 is 2.65 bits per heavy atom. The quantitative estimate of drug-likeness (QED) is 0.610. The summed E-state index contributed by atoms with van der Waals surface area (Å²) in [5.41, 5.74) is 1.29. The number of carbonyl (C=O) groups excluding carboxylic acids is 2. The molecular formula is C24H25N3O4. The summed E-state index contributed by atoms with van der Waals surface area (Å²) in [6, 6.07) is 16.4. The molecule has 0 radical (unpaired) electrons. The molecule has 1 amide bonds. The van der Waals surface area contributed by atoms with Crippen molar-refractivity contribution in [3.63, 3.8) is 0 Å². The number of nitrogens with zero attached hydrogens (tertiary/aromatic N) is 3. The lowest BCUT2D eigenvalue weighted by atomic mass is 9.98. The summed E-state index contributed by atoms with van der Waals surface area (Å²) >= 11 is 0. The number of amides is 1. The zero-order valence-electron chi connectivity index (χ0n) is 17.3. The molecule has 2 heterocycles. The van der Waals surface area contributed by atoms with E-state index in [9.17, 15) is 14.4 Å². The SMILES string of the molecule is O=C(CC1CCCCN1C(=O)OCc1ccccc1)Cn1cnc2ccccc2c1=O. The van der Waals surface area contributed by atoms with Gasteiger partial charge in [0.2, 0.25) is 0 Å². The van der Waals surface area contributed by atoms with E-state index in [1.807, 2.05) is 36.4 Å². The van der Waals surface area contributed by atoms with Crippen molar-refractivity contribution in [2.24, 2.45) is 0 Å². The molecule has 1 fully saturated rings. The Kier molecular flexibility index (Phi) is 6.40. The molecule has 7 nitrogen and oxygen atoms in total. The highest BCUT2D eigenvalue weighted by molar-refractivity contribution is 5.81. The number of hydrogen-bond acceptors (Lipinski definition) is 5. The van der Waals surface area contributed by atoms with Gasteiger partial charge in [-0.3, -0.25) is 14.2 Å². The van der Waals surface area contributed by atoms with Crippen molar-refractivity contribution in [1.29, 1.82) is 0 Å². The first-order valence-corrected chi connectivity index (χ1v) is 10.5. The van der Waals surface area contributed by atoms with E-state index >= 15 is 0 Å². The van der Waals surface area contributed by atoms with Crippen LogP contribution in [0.15, 0.2) is 65.7 Å². The lowest BCUT2D eigenvalue weighted by Gasteiger charge is -2.34. The Morgan fingerprint density at radius 1 is 1.03 bits per heavy atom. The number of fused-ring (bicyclic) bond motifs is 1. The molecule has 2 aromatic carbocycles. The van der Waals surface area contributed by atoms with E-state index in [1.54, 1.807) is 23.1 Å². The van der Waals surface area contributed by atoms with Crippen LogP contribution in [0.5, 0.6) is 0 Å². The maximum absolute atomic E-state index is 12.8. The lowest BCUT2D eigenvalue weighted by molar-refractivity contribution is -0.121. The highest BCUT2D eigenvalue weighted by Crippen LogP contribution is 2.21. The summed E-state index contributed by atoms with van der Waals surface area (Å²) in [6.07, 6.45) is 3.80. The zero-order chi connectivity index (χ0) is 21.6. The number of piperidine rings is 1. The average Bonchev–Trinajstić information content (AvgIpc) is 2.80. The van der Waals surface area contributed by atoms with Crippen LogP contribution < -0.4 is 5.56 Å². The van der Waals surface area contributed by atoms with Crippen LogP contribution >= 0.6 is 0 Å². The summed E-state index contributed by atoms with van der Waals surface area (Å²) in [6.45, 7) is 0.720. The van der Waals surface area contributed by atoms with Crippen LogP contribution in [0.3, 0.4) is 0 Å². The van der Waals surface area contributed by atoms with E-state index in [0.717, 1.165) is 24.8 Å². The van der Waals surface area contributed by atoms with Crippen LogP contribution in [0.4, 0.5) is 4.79 Å². The van der Waals surface area contributed by atoms with E-state index in [0.29, 0.717) is 17.4 Å². The number of carbonyl (C=O) groups is 2. The maximum Gasteiger partial charge on any atom is 0.410 e. The van der Waals surface area contributed by atoms with Gasteiger partial charge < -0.3 is 9.64 Å². The summed E-state index contributed by atoms with van der Waals surface area (Å²) in [5, 5.41) is 0.488. The molecule has 4 rings (SSSR count). The van der Waals surface area contributed by atoms with Gasteiger partial charge in [-0.15, -0.1) is 0 Å². The predicted octanol–water partition coefficient (Wildman–Crippen LogP) is 3.55. The summed E-state index contributed by atoms with van der Waals surface area (Å²) in [5.74, 6) is -0.105. The van der Waals surface area contributed by atoms with E-state index < -0.39 is 6.09 Å². The second kappa shape index (κ2) is 9.55. The van der Waals surface area contributed by atoms with Gasteiger partial charge in [-0.05, 0) is 37.0 Å². The minimum absolute atomic E-state index is 0.0555. The molecule has 1 saturated heterocycles. The largest absolute Gasteiger partial charge is 0.445 e. The molecule has 1 aliphatic rings. The molecule has 0 bridgehead atoms. The Balaban J connectivity index is 1.39. The number of ketones is 1. The van der Waals surface area contributed by atoms with E-state index in [2.05, 4.69) is 4.98 Å². The lowest BCUT2D eigenvalue weighted by Crippen LogP contribution is -2.45. The highest BCUT2D eigenvalue weighted by atomic mass is 16.6. The number of likely N-dealkylation sites (tertiary alicyclic amines) is 1. The van der Waals surface area contributed by atoms with Crippen LogP contribution in [0.1, 0.15) is 31.2 Å². The van der Waals surface area contributed by atoms with Crippen molar-refractivity contribution in [3.8, 4) is 0 Å². The fraction of sp³-hybridized carbons (Fsp3) is 0.333. The van der Waals surface area contributed by atoms with E-state index in [-0.39, 0.29) is 37.0 Å². The monoisotopic (exact) mass is 419 g/mol. The third-order valence-electron chi connectivity index (χ3n) is 5.61. The molecule has 0 saturated carbocycles. The Morgan fingerprint density at radius 2 is 1.81 bits per heavy atom. The molecule has 1 unspecified atom stereocenters. The number of rotatable bonds is 6. The van der Waals surface area contributed by atoms with Crippen molar-refractivity contribution < 1.29 is 14.3 Å². The van der Waals surface area contributed by atoms with E-state index in [1.165, 1.54) is 10.9 Å². The molecule has 1 aliphatic heterocycles. The predicted molar refractivity (Wildman–Crippen MR) is 117 cm³/mol. The Labute approximate surface area is 180 Å². The molecule has 1 atom stereocenters. The van der Waals surface area contributed by atoms with Crippen molar-refractivity contribution >= 4 is 22.8 Å². The highest BCUT2D eigenvalue weighted by Gasteiger charge is 2.29. The van der Waals surface area contributed by atoms with E-state index in [4.69, 9.17) is 4.74 Å². The molecule has 0 N–H and O–H groups in total. The molecule has 160 valence electrons.